The lowest BCUT2D eigenvalue weighted by Gasteiger charge is -2.14. The zero-order valence-corrected chi connectivity index (χ0v) is 20.4. The van der Waals surface area contributed by atoms with Crippen molar-refractivity contribution in [2.24, 2.45) is 0 Å². The van der Waals surface area contributed by atoms with Crippen molar-refractivity contribution in [1.29, 1.82) is 0 Å². The minimum atomic E-state index is -3.93. The summed E-state index contributed by atoms with van der Waals surface area (Å²) in [5.74, 6) is 0. The van der Waals surface area contributed by atoms with E-state index < -0.39 is 10.0 Å². The Hall–Kier alpha value is -2.46. The maximum absolute atomic E-state index is 12.6. The number of rotatable bonds is 5. The van der Waals surface area contributed by atoms with Crippen molar-refractivity contribution in [3.63, 3.8) is 0 Å². The Bertz CT molecular complexity index is 1380. The van der Waals surface area contributed by atoms with Crippen molar-refractivity contribution >= 4 is 50.2 Å². The Balaban J connectivity index is 1.85. The molecule has 0 amide bonds. The zero-order valence-electron chi connectivity index (χ0n) is 17.3. The quantitative estimate of drug-likeness (QED) is 0.319. The Labute approximate surface area is 199 Å². The molecule has 0 unspecified atom stereocenters. The number of hydrogen-bond acceptors (Lipinski definition) is 7. The van der Waals surface area contributed by atoms with Crippen LogP contribution in [-0.4, -0.2) is 23.4 Å². The van der Waals surface area contributed by atoms with E-state index in [1.165, 1.54) is 29.7 Å². The molecule has 0 aliphatic carbocycles. The largest absolute Gasteiger partial charge is 0.451 e. The molecule has 0 saturated heterocycles. The molecule has 3 aromatic heterocycles. The number of hydrogen-bond donors (Lipinski definition) is 1. The monoisotopic (exact) mass is 508 g/mol. The topological polar surface area (TPSA) is 98.0 Å². The van der Waals surface area contributed by atoms with Crippen LogP contribution in [0.25, 0.3) is 21.8 Å². The van der Waals surface area contributed by atoms with Crippen molar-refractivity contribution in [2.75, 3.05) is 4.72 Å². The van der Waals surface area contributed by atoms with E-state index in [4.69, 9.17) is 32.6 Å². The number of halogens is 2. The number of benzene rings is 1. The highest BCUT2D eigenvalue weighted by atomic mass is 35.5. The van der Waals surface area contributed by atoms with Gasteiger partial charge in [-0.3, -0.25) is 4.72 Å². The predicted molar refractivity (Wildman–Crippen MR) is 127 cm³/mol. The van der Waals surface area contributed by atoms with Gasteiger partial charge in [-0.05, 0) is 35.9 Å². The molecule has 0 bridgehead atoms. The van der Waals surface area contributed by atoms with Gasteiger partial charge in [0.25, 0.3) is 10.0 Å². The van der Waals surface area contributed by atoms with E-state index in [2.05, 4.69) is 35.5 Å². The van der Waals surface area contributed by atoms with Gasteiger partial charge >= 0.3 is 0 Å². The molecule has 0 spiro atoms. The lowest BCUT2D eigenvalue weighted by Crippen LogP contribution is -2.12. The maximum Gasteiger partial charge on any atom is 0.295 e. The predicted octanol–water partition coefficient (Wildman–Crippen LogP) is 6.27. The van der Waals surface area contributed by atoms with Crippen LogP contribution in [0.3, 0.4) is 0 Å². The number of furan rings is 1. The number of aromatic nitrogens is 3. The van der Waals surface area contributed by atoms with Crippen molar-refractivity contribution in [1.82, 2.24) is 15.0 Å². The first kappa shape index (κ1) is 22.7. The van der Waals surface area contributed by atoms with E-state index in [0.29, 0.717) is 17.0 Å². The molecule has 4 aromatic rings. The second-order valence-corrected chi connectivity index (χ2v) is 11.2. The van der Waals surface area contributed by atoms with Gasteiger partial charge in [-0.1, -0.05) is 44.5 Å². The maximum atomic E-state index is 12.6. The van der Waals surface area contributed by atoms with Crippen LogP contribution in [0.4, 0.5) is 5.69 Å². The van der Waals surface area contributed by atoms with Crippen LogP contribution in [0.1, 0.15) is 25.8 Å². The minimum Gasteiger partial charge on any atom is -0.451 e. The van der Waals surface area contributed by atoms with Crippen molar-refractivity contribution in [3.05, 3.63) is 64.2 Å². The molecule has 166 valence electrons. The highest BCUT2D eigenvalue weighted by Crippen LogP contribution is 2.44. The van der Waals surface area contributed by atoms with Gasteiger partial charge < -0.3 is 4.42 Å². The smallest absolute Gasteiger partial charge is 0.295 e. The Morgan fingerprint density at radius 2 is 1.84 bits per heavy atom. The molecule has 0 saturated carbocycles. The van der Waals surface area contributed by atoms with E-state index in [0.717, 1.165) is 9.88 Å². The van der Waals surface area contributed by atoms with Crippen LogP contribution >= 0.6 is 34.5 Å². The van der Waals surface area contributed by atoms with Gasteiger partial charge in [0.2, 0.25) is 10.4 Å². The zero-order chi connectivity index (χ0) is 23.1. The van der Waals surface area contributed by atoms with E-state index >= 15 is 0 Å². The fraction of sp³-hybridized carbons (Fsp3) is 0.190. The molecule has 0 radical (unpaired) electrons. The molecule has 1 N–H and O–H groups in total. The van der Waals surface area contributed by atoms with Crippen molar-refractivity contribution in [2.45, 2.75) is 31.3 Å². The van der Waals surface area contributed by atoms with Crippen molar-refractivity contribution < 1.29 is 12.8 Å². The molecule has 3 heterocycles. The number of sulfonamides is 1. The van der Waals surface area contributed by atoms with E-state index in [1.54, 1.807) is 30.5 Å². The molecule has 7 nitrogen and oxygen atoms in total. The summed E-state index contributed by atoms with van der Waals surface area (Å²) in [7, 11) is -3.93. The Morgan fingerprint density at radius 1 is 1.06 bits per heavy atom. The number of thiazole rings is 1. The van der Waals surface area contributed by atoms with E-state index in [1.807, 2.05) is 0 Å². The second-order valence-electron chi connectivity index (χ2n) is 7.86. The molecule has 0 aliphatic heterocycles. The number of anilines is 1. The normalized spacial score (nSPS) is 12.2. The van der Waals surface area contributed by atoms with Gasteiger partial charge in [0.05, 0.1) is 38.2 Å². The molecular formula is C21H18Cl2N4O3S2. The highest BCUT2D eigenvalue weighted by Gasteiger charge is 2.26. The van der Waals surface area contributed by atoms with Gasteiger partial charge in [0.15, 0.2) is 0 Å². The van der Waals surface area contributed by atoms with E-state index in [9.17, 15) is 8.42 Å². The summed E-state index contributed by atoms with van der Waals surface area (Å²) in [5.41, 5.74) is 1.73. The summed E-state index contributed by atoms with van der Waals surface area (Å²) in [6.07, 6.45) is 2.86. The standard InChI is InChI=1S/C21H18Cl2N4O3S2/c1-21(2,3)19-26-17(18(31-19)14-9-10-24-20(23)25-14)12-6-4-7-13(16(12)22)27-32(28,29)15-8-5-11-30-15/h4-11,27H,1-3H3. The summed E-state index contributed by atoms with van der Waals surface area (Å²) in [6, 6.07) is 9.65. The van der Waals surface area contributed by atoms with Crippen LogP contribution < -0.4 is 4.72 Å². The van der Waals surface area contributed by atoms with Crippen LogP contribution in [0.2, 0.25) is 10.3 Å². The summed E-state index contributed by atoms with van der Waals surface area (Å²) >= 11 is 14.2. The first-order valence-electron chi connectivity index (χ1n) is 9.42. The molecule has 0 aliphatic rings. The molecule has 4 rings (SSSR count). The Kier molecular flexibility index (Phi) is 6.02. The average Bonchev–Trinajstić information content (AvgIpc) is 3.40. The van der Waals surface area contributed by atoms with Crippen molar-refractivity contribution in [3.8, 4) is 21.8 Å². The molecule has 0 atom stereocenters. The fourth-order valence-electron chi connectivity index (χ4n) is 2.86. The van der Waals surface area contributed by atoms with Gasteiger partial charge in [0, 0.05) is 17.2 Å². The first-order valence-corrected chi connectivity index (χ1v) is 12.5. The Morgan fingerprint density at radius 3 is 2.50 bits per heavy atom. The highest BCUT2D eigenvalue weighted by molar-refractivity contribution is 7.92. The third-order valence-corrected chi connectivity index (χ3v) is 7.73. The third-order valence-electron chi connectivity index (χ3n) is 4.39. The van der Waals surface area contributed by atoms with Crippen LogP contribution in [0.15, 0.2) is 58.4 Å². The lowest BCUT2D eigenvalue weighted by atomic mass is 9.98. The summed E-state index contributed by atoms with van der Waals surface area (Å²) in [5, 5.41) is 0.980. The lowest BCUT2D eigenvalue weighted by molar-refractivity contribution is 0.452. The number of nitrogens with zero attached hydrogens (tertiary/aromatic N) is 3. The first-order chi connectivity index (χ1) is 15.1. The molecule has 0 fully saturated rings. The minimum absolute atomic E-state index is 0.116. The SMILES string of the molecule is CC(C)(C)c1nc(-c2cccc(NS(=O)(=O)c3ccco3)c2Cl)c(-c2ccnc(Cl)n2)s1. The van der Waals surface area contributed by atoms with E-state index in [-0.39, 0.29) is 26.5 Å². The molecule has 32 heavy (non-hydrogen) atoms. The average molecular weight is 509 g/mol. The van der Waals surface area contributed by atoms with Crippen LogP contribution in [0, 0.1) is 0 Å². The van der Waals surface area contributed by atoms with Crippen LogP contribution in [0.5, 0.6) is 0 Å². The fourth-order valence-corrected chi connectivity index (χ4v) is 5.44. The summed E-state index contributed by atoms with van der Waals surface area (Å²) < 4.78 is 32.7. The molecule has 1 aromatic carbocycles. The molecule has 11 heteroatoms. The van der Waals surface area contributed by atoms with Gasteiger partial charge in [0.1, 0.15) is 0 Å². The van der Waals surface area contributed by atoms with Gasteiger partial charge in [-0.2, -0.15) is 8.42 Å². The van der Waals surface area contributed by atoms with Gasteiger partial charge in [-0.15, -0.1) is 11.3 Å². The summed E-state index contributed by atoms with van der Waals surface area (Å²) in [4.78, 5) is 13.9. The van der Waals surface area contributed by atoms with Gasteiger partial charge in [-0.25, -0.2) is 15.0 Å². The summed E-state index contributed by atoms with van der Waals surface area (Å²) in [6.45, 7) is 6.17. The second kappa shape index (κ2) is 8.47. The van der Waals surface area contributed by atoms with Crippen LogP contribution in [-0.2, 0) is 15.4 Å². The number of nitrogens with one attached hydrogen (secondary N) is 1. The molecular weight excluding hydrogens is 491 g/mol. The third kappa shape index (κ3) is 4.52.